The predicted molar refractivity (Wildman–Crippen MR) is 142 cm³/mol. The van der Waals surface area contributed by atoms with Crippen molar-refractivity contribution >= 4 is 33.2 Å². The van der Waals surface area contributed by atoms with Crippen LogP contribution in [0.25, 0.3) is 0 Å². The number of hydrogen-bond acceptors (Lipinski definition) is 6. The largest absolute Gasteiger partial charge is 0.497 e. The smallest absolute Gasteiger partial charge is 0.322 e. The zero-order valence-corrected chi connectivity index (χ0v) is 22.5. The minimum atomic E-state index is -3.79. The van der Waals surface area contributed by atoms with Gasteiger partial charge in [0, 0.05) is 30.9 Å². The van der Waals surface area contributed by atoms with E-state index in [1.165, 1.54) is 13.3 Å². The summed E-state index contributed by atoms with van der Waals surface area (Å²) in [6.45, 7) is 1.34. The van der Waals surface area contributed by atoms with E-state index in [4.69, 9.17) is 21.1 Å². The van der Waals surface area contributed by atoms with E-state index in [1.54, 1.807) is 65.1 Å². The van der Waals surface area contributed by atoms with Crippen LogP contribution in [0.5, 0.6) is 5.75 Å². The maximum atomic E-state index is 13.4. The van der Waals surface area contributed by atoms with Crippen molar-refractivity contribution in [2.45, 2.75) is 36.8 Å². The number of sulfone groups is 1. The van der Waals surface area contributed by atoms with Crippen LogP contribution in [0.1, 0.15) is 24.1 Å². The normalized spacial score (nSPS) is 13.4. The van der Waals surface area contributed by atoms with E-state index in [-0.39, 0.29) is 30.0 Å². The van der Waals surface area contributed by atoms with E-state index in [1.807, 2.05) is 0 Å². The van der Waals surface area contributed by atoms with Crippen molar-refractivity contribution in [2.24, 2.45) is 5.92 Å². The van der Waals surface area contributed by atoms with Gasteiger partial charge in [-0.2, -0.15) is 0 Å². The highest BCUT2D eigenvalue weighted by Crippen LogP contribution is 2.31. The van der Waals surface area contributed by atoms with E-state index < -0.39 is 9.84 Å². The number of anilines is 1. The van der Waals surface area contributed by atoms with Crippen LogP contribution in [0.15, 0.2) is 59.9 Å². The molecule has 1 aliphatic carbocycles. The Hall–Kier alpha value is -3.08. The molecule has 1 aliphatic rings. The molecule has 1 N–H and O–H groups in total. The molecule has 37 heavy (non-hydrogen) atoms. The highest BCUT2D eigenvalue weighted by molar-refractivity contribution is 7.90. The second kappa shape index (κ2) is 12.0. The van der Waals surface area contributed by atoms with Crippen LogP contribution in [0.2, 0.25) is 5.02 Å². The van der Waals surface area contributed by atoms with Crippen molar-refractivity contribution in [3.05, 3.63) is 71.0 Å². The Kier molecular flexibility index (Phi) is 8.73. The predicted octanol–water partition coefficient (Wildman–Crippen LogP) is 4.61. The molecule has 198 valence electrons. The SMILES string of the molecule is COCCn1c(CN(CC2CC2)C(=O)Nc2cccc(Cl)c2)cnc1S(=O)(=O)Cc1cccc(OC)c1. The van der Waals surface area contributed by atoms with Gasteiger partial charge >= 0.3 is 6.03 Å². The van der Waals surface area contributed by atoms with Gasteiger partial charge in [0.25, 0.3) is 0 Å². The third kappa shape index (κ3) is 7.24. The molecule has 0 atom stereocenters. The fourth-order valence-electron chi connectivity index (χ4n) is 4.03. The molecule has 2 aromatic carbocycles. The summed E-state index contributed by atoms with van der Waals surface area (Å²) in [4.78, 5) is 19.2. The van der Waals surface area contributed by atoms with Gasteiger partial charge in [-0.15, -0.1) is 0 Å². The van der Waals surface area contributed by atoms with Crippen LogP contribution < -0.4 is 10.1 Å². The summed E-state index contributed by atoms with van der Waals surface area (Å²) in [7, 11) is -0.702. The first-order valence-corrected chi connectivity index (χ1v) is 14.0. The summed E-state index contributed by atoms with van der Waals surface area (Å²) in [5, 5.41) is 3.37. The molecule has 9 nitrogen and oxygen atoms in total. The molecule has 0 radical (unpaired) electrons. The lowest BCUT2D eigenvalue weighted by molar-refractivity contribution is 0.180. The van der Waals surface area contributed by atoms with Gasteiger partial charge < -0.3 is 24.3 Å². The fourth-order valence-corrected chi connectivity index (χ4v) is 5.73. The molecule has 1 aromatic heterocycles. The molecule has 0 saturated heterocycles. The minimum Gasteiger partial charge on any atom is -0.497 e. The average molecular weight is 547 g/mol. The lowest BCUT2D eigenvalue weighted by atomic mass is 10.2. The Bertz CT molecular complexity index is 1340. The zero-order valence-electron chi connectivity index (χ0n) is 20.9. The molecule has 1 fully saturated rings. The molecule has 1 heterocycles. The Morgan fingerprint density at radius 1 is 1.19 bits per heavy atom. The van der Waals surface area contributed by atoms with Gasteiger partial charge in [-0.25, -0.2) is 18.2 Å². The summed E-state index contributed by atoms with van der Waals surface area (Å²) in [6.07, 6.45) is 3.65. The summed E-state index contributed by atoms with van der Waals surface area (Å²) >= 11 is 6.07. The number of nitrogens with zero attached hydrogens (tertiary/aromatic N) is 3. The molecular weight excluding hydrogens is 516 g/mol. The zero-order chi connectivity index (χ0) is 26.4. The molecule has 3 aromatic rings. The van der Waals surface area contributed by atoms with Crippen LogP contribution in [0.4, 0.5) is 10.5 Å². The number of nitrogens with one attached hydrogen (secondary N) is 1. The third-order valence-corrected chi connectivity index (χ3v) is 7.91. The maximum absolute atomic E-state index is 13.4. The van der Waals surface area contributed by atoms with Crippen LogP contribution >= 0.6 is 11.6 Å². The Labute approximate surface area is 222 Å². The second-order valence-corrected chi connectivity index (χ2v) is 11.4. The molecule has 4 rings (SSSR count). The van der Waals surface area contributed by atoms with E-state index in [9.17, 15) is 13.2 Å². The Morgan fingerprint density at radius 3 is 2.68 bits per heavy atom. The number of halogens is 1. The Balaban J connectivity index is 1.59. The maximum Gasteiger partial charge on any atom is 0.322 e. The van der Waals surface area contributed by atoms with E-state index in [2.05, 4.69) is 10.3 Å². The standard InChI is InChI=1S/C26H31ClN4O5S/c1-35-12-11-31-23(15-28-26(31)37(33,34)18-20-5-3-8-24(13-20)36-2)17-30(16-19-9-10-19)25(32)29-22-7-4-6-21(27)14-22/h3-8,13-15,19H,9-12,16-18H2,1-2H3,(H,29,32). The number of amides is 2. The Morgan fingerprint density at radius 2 is 1.97 bits per heavy atom. The molecule has 0 unspecified atom stereocenters. The average Bonchev–Trinajstić information content (AvgIpc) is 3.59. The quantitative estimate of drug-likeness (QED) is 0.356. The van der Waals surface area contributed by atoms with Gasteiger partial charge in [-0.05, 0) is 54.7 Å². The number of imidazole rings is 1. The summed E-state index contributed by atoms with van der Waals surface area (Å²) in [5.74, 6) is 0.781. The van der Waals surface area contributed by atoms with Crippen molar-refractivity contribution in [3.8, 4) is 5.75 Å². The van der Waals surface area contributed by atoms with Crippen LogP contribution in [0.3, 0.4) is 0 Å². The van der Waals surface area contributed by atoms with Crippen molar-refractivity contribution in [1.82, 2.24) is 14.5 Å². The lowest BCUT2D eigenvalue weighted by Crippen LogP contribution is -2.37. The summed E-state index contributed by atoms with van der Waals surface area (Å²) in [6, 6.07) is 13.6. The fraction of sp³-hybridized carbons (Fsp3) is 0.385. The van der Waals surface area contributed by atoms with Gasteiger partial charge in [0.1, 0.15) is 5.75 Å². The number of urea groups is 1. The number of rotatable bonds is 12. The van der Waals surface area contributed by atoms with Crippen molar-refractivity contribution in [2.75, 3.05) is 32.7 Å². The summed E-state index contributed by atoms with van der Waals surface area (Å²) < 4.78 is 38.9. The number of carbonyl (C=O) groups excluding carboxylic acids is 1. The number of benzene rings is 2. The minimum absolute atomic E-state index is 0.0519. The first-order valence-electron chi connectivity index (χ1n) is 12.0. The molecule has 0 bridgehead atoms. The van der Waals surface area contributed by atoms with Crippen LogP contribution in [-0.4, -0.2) is 56.3 Å². The van der Waals surface area contributed by atoms with Crippen molar-refractivity contribution in [3.63, 3.8) is 0 Å². The van der Waals surface area contributed by atoms with Gasteiger partial charge in [-0.1, -0.05) is 29.8 Å². The number of methoxy groups -OCH3 is 2. The molecule has 0 spiro atoms. The van der Waals surface area contributed by atoms with E-state index in [0.29, 0.717) is 46.8 Å². The monoisotopic (exact) mass is 546 g/mol. The molecule has 0 aliphatic heterocycles. The van der Waals surface area contributed by atoms with Gasteiger partial charge in [0.15, 0.2) is 0 Å². The van der Waals surface area contributed by atoms with Crippen LogP contribution in [-0.2, 0) is 33.4 Å². The highest BCUT2D eigenvalue weighted by Gasteiger charge is 2.29. The topological polar surface area (TPSA) is 103 Å². The van der Waals surface area contributed by atoms with Crippen molar-refractivity contribution in [1.29, 1.82) is 0 Å². The second-order valence-electron chi connectivity index (χ2n) is 9.05. The first-order chi connectivity index (χ1) is 17.8. The molecule has 11 heteroatoms. The number of hydrogen-bond donors (Lipinski definition) is 1. The number of aromatic nitrogens is 2. The van der Waals surface area contributed by atoms with Gasteiger partial charge in [-0.3, -0.25) is 0 Å². The van der Waals surface area contributed by atoms with Gasteiger partial charge in [0.2, 0.25) is 15.0 Å². The van der Waals surface area contributed by atoms with E-state index >= 15 is 0 Å². The third-order valence-electron chi connectivity index (χ3n) is 6.08. The van der Waals surface area contributed by atoms with Gasteiger partial charge in [0.05, 0.1) is 37.9 Å². The van der Waals surface area contributed by atoms with E-state index in [0.717, 1.165) is 12.8 Å². The molecule has 2 amide bonds. The molecule has 1 saturated carbocycles. The highest BCUT2D eigenvalue weighted by atomic mass is 35.5. The number of carbonyl (C=O) groups is 1. The first kappa shape index (κ1) is 27.0. The summed E-state index contributed by atoms with van der Waals surface area (Å²) in [5.41, 5.74) is 1.80. The lowest BCUT2D eigenvalue weighted by Gasteiger charge is -2.24. The van der Waals surface area contributed by atoms with Crippen molar-refractivity contribution < 1.29 is 22.7 Å². The number of ether oxygens (including phenoxy) is 2. The van der Waals surface area contributed by atoms with Crippen LogP contribution in [0, 0.1) is 5.92 Å². The molecular formula is C26H31ClN4O5S.